The van der Waals surface area contributed by atoms with Gasteiger partial charge in [0.15, 0.2) is 0 Å². The van der Waals surface area contributed by atoms with Gasteiger partial charge in [0.2, 0.25) is 5.91 Å². The Balaban J connectivity index is 1.34. The Morgan fingerprint density at radius 3 is 2.13 bits per heavy atom. The van der Waals surface area contributed by atoms with Gasteiger partial charge in [-0.3, -0.25) is 14.9 Å². The number of nitro groups is 1. The second-order valence-corrected chi connectivity index (χ2v) is 8.77. The largest absolute Gasteiger partial charge is 0.423 e. The molecule has 2 aromatic carbocycles. The Morgan fingerprint density at radius 1 is 0.921 bits per heavy atom. The Bertz CT molecular complexity index is 1100. The first-order chi connectivity index (χ1) is 17.8. The molecule has 208 valence electrons. The summed E-state index contributed by atoms with van der Waals surface area (Å²) < 4.78 is 82.9. The second kappa shape index (κ2) is 12.3. The van der Waals surface area contributed by atoms with Crippen LogP contribution < -0.4 is 16.0 Å². The lowest BCUT2D eigenvalue weighted by atomic mass is 9.92. The standard InChI is InChI=1S/C24H26F6N4O4/c25-23(26,27)15-1-3-16(4-2-15)31-11-12-32-22(35)14-38-19-8-5-17(6-9-19)33-18-7-10-21(34(36)37)20(13-18)24(28,29)30/h1-4,7,10,13,17,19,31,33H,5-6,8-9,11-12,14H2,(H,32,35). The Hall–Kier alpha value is -3.55. The molecule has 0 heterocycles. The summed E-state index contributed by atoms with van der Waals surface area (Å²) in [6.07, 6.45) is -7.19. The molecule has 0 unspecified atom stereocenters. The smallest absolute Gasteiger partial charge is 0.383 e. The minimum Gasteiger partial charge on any atom is -0.383 e. The normalized spacial score (nSPS) is 18.1. The Labute approximate surface area is 213 Å². The van der Waals surface area contributed by atoms with E-state index in [4.69, 9.17) is 4.74 Å². The summed E-state index contributed by atoms with van der Waals surface area (Å²) in [5, 5.41) is 19.4. The maximum absolute atomic E-state index is 13.2. The van der Waals surface area contributed by atoms with Gasteiger partial charge in [-0.15, -0.1) is 0 Å². The van der Waals surface area contributed by atoms with Crippen molar-refractivity contribution in [2.24, 2.45) is 0 Å². The molecule has 8 nitrogen and oxygen atoms in total. The van der Waals surface area contributed by atoms with Crippen molar-refractivity contribution in [2.45, 2.75) is 50.2 Å². The summed E-state index contributed by atoms with van der Waals surface area (Å²) in [6, 6.07) is 7.19. The third-order valence-corrected chi connectivity index (χ3v) is 5.98. The van der Waals surface area contributed by atoms with Crippen LogP contribution in [-0.4, -0.2) is 42.7 Å². The van der Waals surface area contributed by atoms with Gasteiger partial charge in [-0.25, -0.2) is 0 Å². The Kier molecular flexibility index (Phi) is 9.41. The average Bonchev–Trinajstić information content (AvgIpc) is 2.85. The number of ether oxygens (including phenoxy) is 1. The molecule has 0 bridgehead atoms. The van der Waals surface area contributed by atoms with E-state index in [0.29, 0.717) is 37.9 Å². The number of alkyl halides is 6. The third-order valence-electron chi connectivity index (χ3n) is 5.98. The molecule has 14 heteroatoms. The molecule has 3 rings (SSSR count). The number of anilines is 2. The van der Waals surface area contributed by atoms with Crippen LogP contribution in [0.5, 0.6) is 0 Å². The highest BCUT2D eigenvalue weighted by molar-refractivity contribution is 5.77. The molecule has 0 atom stereocenters. The fraction of sp³-hybridized carbons (Fsp3) is 0.458. The molecular formula is C24H26F6N4O4. The summed E-state index contributed by atoms with van der Waals surface area (Å²) in [6.45, 7) is 0.349. The number of hydrogen-bond donors (Lipinski definition) is 3. The molecule has 3 N–H and O–H groups in total. The minimum absolute atomic E-state index is 0.136. The molecule has 1 fully saturated rings. The van der Waals surface area contributed by atoms with Gasteiger partial charge in [-0.2, -0.15) is 26.3 Å². The van der Waals surface area contributed by atoms with E-state index in [1.54, 1.807) is 0 Å². The van der Waals surface area contributed by atoms with Crippen molar-refractivity contribution < 1.29 is 40.8 Å². The molecule has 1 amide bonds. The molecule has 0 saturated heterocycles. The highest BCUT2D eigenvalue weighted by Crippen LogP contribution is 2.38. The zero-order chi connectivity index (χ0) is 27.9. The lowest BCUT2D eigenvalue weighted by molar-refractivity contribution is -0.388. The topological polar surface area (TPSA) is 106 Å². The van der Waals surface area contributed by atoms with Gasteiger partial charge in [0.1, 0.15) is 12.2 Å². The molecule has 0 aliphatic heterocycles. The van der Waals surface area contributed by atoms with Crippen molar-refractivity contribution in [3.05, 3.63) is 63.7 Å². The third kappa shape index (κ3) is 8.50. The fourth-order valence-corrected chi connectivity index (χ4v) is 4.05. The van der Waals surface area contributed by atoms with Crippen molar-refractivity contribution in [1.82, 2.24) is 5.32 Å². The van der Waals surface area contributed by atoms with Crippen LogP contribution in [0.15, 0.2) is 42.5 Å². The molecule has 38 heavy (non-hydrogen) atoms. The second-order valence-electron chi connectivity index (χ2n) is 8.77. The van der Waals surface area contributed by atoms with Crippen LogP contribution in [0.1, 0.15) is 36.8 Å². The first-order valence-corrected chi connectivity index (χ1v) is 11.7. The van der Waals surface area contributed by atoms with Gasteiger partial charge in [-0.1, -0.05) is 0 Å². The molecule has 1 aliphatic carbocycles. The van der Waals surface area contributed by atoms with Crippen LogP contribution in [0.3, 0.4) is 0 Å². The molecule has 0 radical (unpaired) electrons. The van der Waals surface area contributed by atoms with Crippen LogP contribution in [0, 0.1) is 10.1 Å². The SMILES string of the molecule is O=C(COC1CCC(Nc2ccc([N+](=O)[O-])c(C(F)(F)F)c2)CC1)NCCNc1ccc(C(F)(F)F)cc1. The molecule has 0 spiro atoms. The van der Waals surface area contributed by atoms with Crippen LogP contribution in [0.4, 0.5) is 43.4 Å². The van der Waals surface area contributed by atoms with E-state index in [-0.39, 0.29) is 36.9 Å². The molecule has 2 aromatic rings. The number of rotatable bonds is 10. The summed E-state index contributed by atoms with van der Waals surface area (Å²) in [5.74, 6) is -0.356. The maximum Gasteiger partial charge on any atom is 0.423 e. The van der Waals surface area contributed by atoms with Crippen molar-refractivity contribution in [3.63, 3.8) is 0 Å². The predicted molar refractivity (Wildman–Crippen MR) is 127 cm³/mol. The van der Waals surface area contributed by atoms with E-state index in [1.807, 2.05) is 0 Å². The average molecular weight is 548 g/mol. The van der Waals surface area contributed by atoms with Crippen LogP contribution in [-0.2, 0) is 21.9 Å². The zero-order valence-corrected chi connectivity index (χ0v) is 20.0. The van der Waals surface area contributed by atoms with Gasteiger partial charge in [-0.05, 0) is 62.1 Å². The summed E-state index contributed by atoms with van der Waals surface area (Å²) in [7, 11) is 0. The monoisotopic (exact) mass is 548 g/mol. The van der Waals surface area contributed by atoms with Gasteiger partial charge < -0.3 is 20.7 Å². The van der Waals surface area contributed by atoms with Crippen LogP contribution in [0.2, 0.25) is 0 Å². The number of halogens is 6. The highest BCUT2D eigenvalue weighted by Gasteiger charge is 2.38. The van der Waals surface area contributed by atoms with Crippen LogP contribution in [0.25, 0.3) is 0 Å². The number of nitrogens with zero attached hydrogens (tertiary/aromatic N) is 1. The van der Waals surface area contributed by atoms with Gasteiger partial charge in [0.05, 0.1) is 16.6 Å². The first kappa shape index (κ1) is 29.0. The number of hydrogen-bond acceptors (Lipinski definition) is 6. The van der Waals surface area contributed by atoms with Crippen molar-refractivity contribution in [1.29, 1.82) is 0 Å². The zero-order valence-electron chi connectivity index (χ0n) is 20.0. The summed E-state index contributed by atoms with van der Waals surface area (Å²) in [4.78, 5) is 21.8. The molecule has 1 saturated carbocycles. The minimum atomic E-state index is -4.86. The van der Waals surface area contributed by atoms with Crippen LogP contribution >= 0.6 is 0 Å². The highest BCUT2D eigenvalue weighted by atomic mass is 19.4. The van der Waals surface area contributed by atoms with Crippen molar-refractivity contribution in [3.8, 4) is 0 Å². The van der Waals surface area contributed by atoms with Crippen molar-refractivity contribution >= 4 is 23.0 Å². The van der Waals surface area contributed by atoms with Gasteiger partial charge in [0, 0.05) is 36.6 Å². The van der Waals surface area contributed by atoms with E-state index in [0.717, 1.165) is 24.3 Å². The first-order valence-electron chi connectivity index (χ1n) is 11.7. The predicted octanol–water partition coefficient (Wildman–Crippen LogP) is 5.60. The molecule has 1 aliphatic rings. The van der Waals surface area contributed by atoms with E-state index in [1.165, 1.54) is 18.2 Å². The Morgan fingerprint density at radius 2 is 1.55 bits per heavy atom. The number of nitro benzene ring substituents is 1. The number of carbonyl (C=O) groups excluding carboxylic acids is 1. The van der Waals surface area contributed by atoms with Gasteiger partial charge in [0.25, 0.3) is 5.69 Å². The molecule has 0 aromatic heterocycles. The fourth-order valence-electron chi connectivity index (χ4n) is 4.05. The number of benzene rings is 2. The van der Waals surface area contributed by atoms with Crippen molar-refractivity contribution in [2.75, 3.05) is 30.3 Å². The number of carbonyl (C=O) groups is 1. The maximum atomic E-state index is 13.2. The van der Waals surface area contributed by atoms with Gasteiger partial charge >= 0.3 is 12.4 Å². The lowest BCUT2D eigenvalue weighted by Gasteiger charge is -2.29. The summed E-state index contributed by atoms with van der Waals surface area (Å²) in [5.41, 5.74) is -2.45. The van der Waals surface area contributed by atoms with E-state index < -0.39 is 34.1 Å². The number of nitrogens with one attached hydrogen (secondary N) is 3. The number of amides is 1. The lowest BCUT2D eigenvalue weighted by Crippen LogP contribution is -2.35. The van der Waals surface area contributed by atoms with E-state index >= 15 is 0 Å². The quantitative estimate of drug-likeness (QED) is 0.155. The molecular weight excluding hydrogens is 522 g/mol. The van der Waals surface area contributed by atoms with E-state index in [9.17, 15) is 41.3 Å². The van der Waals surface area contributed by atoms with E-state index in [2.05, 4.69) is 16.0 Å². The summed E-state index contributed by atoms with van der Waals surface area (Å²) >= 11 is 0.